The summed E-state index contributed by atoms with van der Waals surface area (Å²) in [6.07, 6.45) is -1.62. The average molecular weight is 397 g/mol. The summed E-state index contributed by atoms with van der Waals surface area (Å²) in [5.41, 5.74) is 2.72. The van der Waals surface area contributed by atoms with E-state index in [1.54, 1.807) is 25.1 Å². The molecule has 0 aromatic heterocycles. The maximum atomic E-state index is 13.3. The van der Waals surface area contributed by atoms with Gasteiger partial charge in [0.25, 0.3) is 5.91 Å². The van der Waals surface area contributed by atoms with Gasteiger partial charge in [-0.1, -0.05) is 38.1 Å². The predicted molar refractivity (Wildman–Crippen MR) is 111 cm³/mol. The van der Waals surface area contributed by atoms with Gasteiger partial charge in [0.1, 0.15) is 11.5 Å². The second-order valence-corrected chi connectivity index (χ2v) is 7.50. The molecule has 0 aliphatic carbocycles. The lowest BCUT2D eigenvalue weighted by molar-refractivity contribution is -0.148. The van der Waals surface area contributed by atoms with Crippen molar-refractivity contribution in [3.05, 3.63) is 53.6 Å². The third-order valence-corrected chi connectivity index (χ3v) is 4.95. The van der Waals surface area contributed by atoms with E-state index in [4.69, 9.17) is 14.2 Å². The van der Waals surface area contributed by atoms with Crippen LogP contribution in [0.25, 0.3) is 0 Å². The van der Waals surface area contributed by atoms with Crippen molar-refractivity contribution < 1.29 is 23.8 Å². The number of ether oxygens (including phenoxy) is 3. The molecule has 2 aromatic rings. The van der Waals surface area contributed by atoms with Crippen LogP contribution in [0.15, 0.2) is 42.5 Å². The van der Waals surface area contributed by atoms with Gasteiger partial charge in [-0.3, -0.25) is 4.79 Å². The highest BCUT2D eigenvalue weighted by atomic mass is 16.6. The summed E-state index contributed by atoms with van der Waals surface area (Å²) in [6.45, 7) is 7.95. The van der Waals surface area contributed by atoms with E-state index in [1.807, 2.05) is 31.2 Å². The van der Waals surface area contributed by atoms with Crippen LogP contribution in [0.4, 0.5) is 5.69 Å². The van der Waals surface area contributed by atoms with Crippen LogP contribution in [0.5, 0.6) is 11.5 Å². The number of fused-ring (bicyclic) bond motifs is 1. The maximum absolute atomic E-state index is 13.3. The Kier molecular flexibility index (Phi) is 6.11. The van der Waals surface area contributed by atoms with Crippen LogP contribution >= 0.6 is 0 Å². The Morgan fingerprint density at radius 2 is 1.86 bits per heavy atom. The average Bonchev–Trinajstić information content (AvgIpc) is 2.71. The summed E-state index contributed by atoms with van der Waals surface area (Å²) in [4.78, 5) is 26.9. The molecule has 0 radical (unpaired) electrons. The van der Waals surface area contributed by atoms with Crippen LogP contribution < -0.4 is 14.4 Å². The van der Waals surface area contributed by atoms with Crippen LogP contribution in [-0.4, -0.2) is 37.7 Å². The normalized spacial score (nSPS) is 16.6. The lowest BCUT2D eigenvalue weighted by Crippen LogP contribution is -2.51. The SMILES string of the molecule is COC(=O)[C@@H]1CN(C(=O)[C@@H](C)Oc2cc(C)ccc2C(C)C)c2ccccc2O1. The monoisotopic (exact) mass is 397 g/mol. The van der Waals surface area contributed by atoms with Gasteiger partial charge >= 0.3 is 5.97 Å². The van der Waals surface area contributed by atoms with Crippen LogP contribution in [0, 0.1) is 6.92 Å². The third kappa shape index (κ3) is 4.36. The molecule has 2 atom stereocenters. The van der Waals surface area contributed by atoms with Gasteiger partial charge in [0.05, 0.1) is 19.3 Å². The molecule has 1 amide bonds. The summed E-state index contributed by atoms with van der Waals surface area (Å²) in [5, 5.41) is 0. The Balaban J connectivity index is 1.87. The first kappa shape index (κ1) is 20.7. The van der Waals surface area contributed by atoms with Crippen molar-refractivity contribution in [2.75, 3.05) is 18.6 Å². The van der Waals surface area contributed by atoms with Gasteiger partial charge in [-0.25, -0.2) is 4.79 Å². The third-order valence-electron chi connectivity index (χ3n) is 4.95. The van der Waals surface area contributed by atoms with E-state index in [0.717, 1.165) is 11.1 Å². The van der Waals surface area contributed by atoms with Crippen molar-refractivity contribution in [3.8, 4) is 11.5 Å². The summed E-state index contributed by atoms with van der Waals surface area (Å²) >= 11 is 0. The highest BCUT2D eigenvalue weighted by Gasteiger charge is 2.36. The topological polar surface area (TPSA) is 65.1 Å². The molecule has 3 rings (SSSR count). The van der Waals surface area contributed by atoms with E-state index in [2.05, 4.69) is 13.8 Å². The molecule has 0 spiro atoms. The zero-order valence-electron chi connectivity index (χ0n) is 17.5. The van der Waals surface area contributed by atoms with Crippen molar-refractivity contribution in [3.63, 3.8) is 0 Å². The zero-order chi connectivity index (χ0) is 21.1. The fourth-order valence-corrected chi connectivity index (χ4v) is 3.38. The van der Waals surface area contributed by atoms with E-state index < -0.39 is 18.2 Å². The molecule has 1 aliphatic heterocycles. The highest BCUT2D eigenvalue weighted by molar-refractivity contribution is 5.99. The van der Waals surface area contributed by atoms with Gasteiger partial charge in [0.2, 0.25) is 6.10 Å². The molecule has 2 aromatic carbocycles. The minimum atomic E-state index is -0.878. The number of esters is 1. The molecule has 0 bridgehead atoms. The van der Waals surface area contributed by atoms with Gasteiger partial charge in [0.15, 0.2) is 6.10 Å². The first-order valence-electron chi connectivity index (χ1n) is 9.74. The van der Waals surface area contributed by atoms with Crippen molar-refractivity contribution in [2.45, 2.75) is 45.8 Å². The molecule has 0 unspecified atom stereocenters. The number of rotatable bonds is 5. The number of aryl methyl sites for hydroxylation is 1. The zero-order valence-corrected chi connectivity index (χ0v) is 17.5. The van der Waals surface area contributed by atoms with E-state index in [0.29, 0.717) is 17.2 Å². The van der Waals surface area contributed by atoms with Gasteiger partial charge in [-0.15, -0.1) is 0 Å². The predicted octanol–water partition coefficient (Wildman–Crippen LogP) is 3.85. The fourth-order valence-electron chi connectivity index (χ4n) is 3.38. The first-order valence-corrected chi connectivity index (χ1v) is 9.74. The Morgan fingerprint density at radius 1 is 1.14 bits per heavy atom. The van der Waals surface area contributed by atoms with Crippen LogP contribution in [-0.2, 0) is 14.3 Å². The number of hydrogen-bond donors (Lipinski definition) is 0. The van der Waals surface area contributed by atoms with Crippen LogP contribution in [0.2, 0.25) is 0 Å². The molecule has 6 heteroatoms. The summed E-state index contributed by atoms with van der Waals surface area (Å²) < 4.78 is 16.6. The first-order chi connectivity index (χ1) is 13.8. The molecule has 0 fully saturated rings. The highest BCUT2D eigenvalue weighted by Crippen LogP contribution is 2.34. The largest absolute Gasteiger partial charge is 0.481 e. The lowest BCUT2D eigenvalue weighted by atomic mass is 10.0. The summed E-state index contributed by atoms with van der Waals surface area (Å²) in [6, 6.07) is 13.2. The van der Waals surface area contributed by atoms with Crippen molar-refractivity contribution in [1.82, 2.24) is 0 Å². The van der Waals surface area contributed by atoms with E-state index in [9.17, 15) is 9.59 Å². The minimum absolute atomic E-state index is 0.0705. The number of carbonyl (C=O) groups is 2. The number of hydrogen-bond acceptors (Lipinski definition) is 5. The number of anilines is 1. The van der Waals surface area contributed by atoms with E-state index >= 15 is 0 Å². The van der Waals surface area contributed by atoms with Crippen LogP contribution in [0.3, 0.4) is 0 Å². The number of para-hydroxylation sites is 2. The number of benzene rings is 2. The Bertz CT molecular complexity index is 908. The van der Waals surface area contributed by atoms with Gasteiger partial charge in [-0.05, 0) is 49.1 Å². The second-order valence-electron chi connectivity index (χ2n) is 7.50. The van der Waals surface area contributed by atoms with E-state index in [-0.39, 0.29) is 18.4 Å². The fraction of sp³-hybridized carbons (Fsp3) is 0.391. The molecule has 29 heavy (non-hydrogen) atoms. The number of methoxy groups -OCH3 is 1. The Hall–Kier alpha value is -3.02. The Morgan fingerprint density at radius 3 is 2.55 bits per heavy atom. The molecule has 0 saturated carbocycles. The smallest absolute Gasteiger partial charge is 0.348 e. The van der Waals surface area contributed by atoms with Crippen molar-refractivity contribution in [2.24, 2.45) is 0 Å². The molecule has 154 valence electrons. The lowest BCUT2D eigenvalue weighted by Gasteiger charge is -2.35. The van der Waals surface area contributed by atoms with Gasteiger partial charge in [0, 0.05) is 0 Å². The maximum Gasteiger partial charge on any atom is 0.348 e. The molecular weight excluding hydrogens is 370 g/mol. The number of nitrogens with zero attached hydrogens (tertiary/aromatic N) is 1. The van der Waals surface area contributed by atoms with E-state index in [1.165, 1.54) is 12.0 Å². The summed E-state index contributed by atoms with van der Waals surface area (Å²) in [5.74, 6) is 0.665. The molecule has 6 nitrogen and oxygen atoms in total. The summed E-state index contributed by atoms with van der Waals surface area (Å²) in [7, 11) is 1.30. The molecule has 1 heterocycles. The molecule has 1 aliphatic rings. The van der Waals surface area contributed by atoms with Crippen LogP contribution in [0.1, 0.15) is 37.8 Å². The second kappa shape index (κ2) is 8.55. The molecule has 0 N–H and O–H groups in total. The number of amides is 1. The molecule has 0 saturated heterocycles. The number of carbonyl (C=O) groups excluding carboxylic acids is 2. The van der Waals surface area contributed by atoms with Crippen molar-refractivity contribution >= 4 is 17.6 Å². The van der Waals surface area contributed by atoms with Crippen molar-refractivity contribution in [1.29, 1.82) is 0 Å². The Labute approximate surface area is 171 Å². The molecular formula is C23H27NO5. The van der Waals surface area contributed by atoms with Gasteiger partial charge in [-0.2, -0.15) is 0 Å². The standard InChI is InChI=1S/C23H27NO5/c1-14(2)17-11-10-15(3)12-20(17)28-16(4)22(25)24-13-21(23(26)27-5)29-19-9-7-6-8-18(19)24/h6-12,14,16,21H,13H2,1-5H3/t16-,21+/m1/s1. The van der Waals surface area contributed by atoms with Gasteiger partial charge < -0.3 is 19.1 Å². The minimum Gasteiger partial charge on any atom is -0.481 e. The quantitative estimate of drug-likeness (QED) is 0.717.